The van der Waals surface area contributed by atoms with Crippen molar-refractivity contribution in [1.29, 1.82) is 0 Å². The highest BCUT2D eigenvalue weighted by Gasteiger charge is 2.11. The van der Waals surface area contributed by atoms with Crippen molar-refractivity contribution >= 4 is 16.8 Å². The second kappa shape index (κ2) is 2.84. The van der Waals surface area contributed by atoms with Crippen molar-refractivity contribution in [2.24, 2.45) is 0 Å². The third-order valence-corrected chi connectivity index (χ3v) is 2.18. The number of rotatable bonds is 1. The number of benzene rings is 1. The third kappa shape index (κ3) is 1.17. The van der Waals surface area contributed by atoms with Gasteiger partial charge in [-0.3, -0.25) is 0 Å². The van der Waals surface area contributed by atoms with Gasteiger partial charge in [0.1, 0.15) is 0 Å². The van der Waals surface area contributed by atoms with Crippen molar-refractivity contribution in [2.45, 2.75) is 0 Å². The highest BCUT2D eigenvalue weighted by Crippen LogP contribution is 2.29. The number of nitrogen functional groups attached to an aromatic ring is 1. The van der Waals surface area contributed by atoms with Crippen LogP contribution in [-0.2, 0) is 0 Å². The Morgan fingerprint density at radius 1 is 1.20 bits per heavy atom. The van der Waals surface area contributed by atoms with E-state index in [-0.39, 0.29) is 0 Å². The Hall–Kier alpha value is -2.30. The van der Waals surface area contributed by atoms with Crippen LogP contribution in [0, 0.1) is 0 Å². The van der Waals surface area contributed by atoms with E-state index in [0.29, 0.717) is 17.2 Å². The Morgan fingerprint density at radius 2 is 2.13 bits per heavy atom. The highest BCUT2D eigenvalue weighted by atomic mass is 16.5. The minimum Gasteiger partial charge on any atom is -0.381 e. The zero-order chi connectivity index (χ0) is 10.3. The van der Waals surface area contributed by atoms with Gasteiger partial charge in [-0.2, -0.15) is 0 Å². The van der Waals surface area contributed by atoms with E-state index in [0.717, 1.165) is 10.9 Å². The molecule has 2 N–H and O–H groups in total. The molecule has 0 fully saturated rings. The maximum absolute atomic E-state index is 5.48. The van der Waals surface area contributed by atoms with Gasteiger partial charge >= 0.3 is 0 Å². The number of fused-ring (bicyclic) bond motifs is 1. The van der Waals surface area contributed by atoms with Crippen molar-refractivity contribution in [1.82, 2.24) is 10.3 Å². The normalized spacial score (nSPS) is 10.9. The number of hydrogen-bond acceptors (Lipinski definition) is 5. The smallest absolute Gasteiger partial charge is 0.177 e. The summed E-state index contributed by atoms with van der Waals surface area (Å²) in [4.78, 5) is 0. The molecule has 0 radical (unpaired) electrons. The number of nitrogens with zero attached hydrogens (tertiary/aromatic N) is 2. The summed E-state index contributed by atoms with van der Waals surface area (Å²) in [5.74, 6) is 0.927. The SMILES string of the molecule is Nc1cc(-c2cccc3cnoc23)on1. The quantitative estimate of drug-likeness (QED) is 0.651. The molecule has 0 aliphatic heterocycles. The molecule has 5 heteroatoms. The molecule has 1 aromatic carbocycles. The van der Waals surface area contributed by atoms with Crippen LogP contribution in [-0.4, -0.2) is 10.3 Å². The Morgan fingerprint density at radius 3 is 2.93 bits per heavy atom. The van der Waals surface area contributed by atoms with Crippen LogP contribution < -0.4 is 5.73 Å². The molecular formula is C10H7N3O2. The first-order valence-corrected chi connectivity index (χ1v) is 4.40. The molecule has 0 amide bonds. The standard InChI is InChI=1S/C10H7N3O2/c11-9-4-8(14-13-9)7-3-1-2-6-5-12-15-10(6)7/h1-5H,(H2,11,13). The Balaban J connectivity index is 2.30. The fourth-order valence-corrected chi connectivity index (χ4v) is 1.50. The molecule has 2 aromatic heterocycles. The molecule has 0 spiro atoms. The lowest BCUT2D eigenvalue weighted by atomic mass is 10.1. The van der Waals surface area contributed by atoms with E-state index in [4.69, 9.17) is 14.8 Å². The summed E-state index contributed by atoms with van der Waals surface area (Å²) < 4.78 is 10.2. The summed E-state index contributed by atoms with van der Waals surface area (Å²) in [5, 5.41) is 8.27. The number of aromatic nitrogens is 2. The molecule has 3 aromatic rings. The average molecular weight is 201 g/mol. The second-order valence-corrected chi connectivity index (χ2v) is 3.17. The molecule has 0 bridgehead atoms. The third-order valence-electron chi connectivity index (χ3n) is 2.18. The van der Waals surface area contributed by atoms with Gasteiger partial charge in [0.25, 0.3) is 0 Å². The molecule has 74 valence electrons. The molecule has 0 atom stereocenters. The lowest BCUT2D eigenvalue weighted by Crippen LogP contribution is -1.80. The Kier molecular flexibility index (Phi) is 1.53. The van der Waals surface area contributed by atoms with Crippen LogP contribution in [0.25, 0.3) is 22.3 Å². The predicted octanol–water partition coefficient (Wildman–Crippen LogP) is 2.06. The number of para-hydroxylation sites is 1. The first-order chi connectivity index (χ1) is 7.34. The lowest BCUT2D eigenvalue weighted by Gasteiger charge is -1.94. The van der Waals surface area contributed by atoms with Gasteiger partial charge < -0.3 is 14.8 Å². The van der Waals surface area contributed by atoms with Gasteiger partial charge in [0.05, 0.1) is 11.8 Å². The first kappa shape index (κ1) is 8.05. The van der Waals surface area contributed by atoms with Crippen LogP contribution in [0.5, 0.6) is 0 Å². The zero-order valence-corrected chi connectivity index (χ0v) is 7.68. The fraction of sp³-hybridized carbons (Fsp3) is 0. The second-order valence-electron chi connectivity index (χ2n) is 3.17. The first-order valence-electron chi connectivity index (χ1n) is 4.40. The molecule has 15 heavy (non-hydrogen) atoms. The molecule has 0 aliphatic rings. The number of hydrogen-bond donors (Lipinski definition) is 1. The maximum Gasteiger partial charge on any atom is 0.177 e. The Labute approximate surface area is 84.4 Å². The van der Waals surface area contributed by atoms with E-state index >= 15 is 0 Å². The number of anilines is 1. The van der Waals surface area contributed by atoms with Crippen molar-refractivity contribution in [2.75, 3.05) is 5.73 Å². The van der Waals surface area contributed by atoms with E-state index in [1.807, 2.05) is 18.2 Å². The molecule has 0 aliphatic carbocycles. The van der Waals surface area contributed by atoms with Gasteiger partial charge in [-0.25, -0.2) is 0 Å². The van der Waals surface area contributed by atoms with Crippen LogP contribution in [0.2, 0.25) is 0 Å². The van der Waals surface area contributed by atoms with Crippen molar-refractivity contribution < 1.29 is 9.05 Å². The van der Waals surface area contributed by atoms with Crippen molar-refractivity contribution in [3.05, 3.63) is 30.5 Å². The predicted molar refractivity (Wildman–Crippen MR) is 53.9 cm³/mol. The van der Waals surface area contributed by atoms with Crippen LogP contribution in [0.1, 0.15) is 0 Å². The van der Waals surface area contributed by atoms with E-state index in [1.165, 1.54) is 0 Å². The molecule has 3 rings (SSSR count). The summed E-state index contributed by atoms with van der Waals surface area (Å²) >= 11 is 0. The molecule has 0 unspecified atom stereocenters. The van der Waals surface area contributed by atoms with E-state index in [1.54, 1.807) is 12.3 Å². The molecular weight excluding hydrogens is 194 g/mol. The van der Waals surface area contributed by atoms with Gasteiger partial charge in [-0.1, -0.05) is 16.4 Å². The van der Waals surface area contributed by atoms with Gasteiger partial charge in [0, 0.05) is 11.5 Å². The van der Waals surface area contributed by atoms with E-state index < -0.39 is 0 Å². The summed E-state index contributed by atoms with van der Waals surface area (Å²) in [6.45, 7) is 0. The minimum absolute atomic E-state index is 0.349. The largest absolute Gasteiger partial charge is 0.381 e. The lowest BCUT2D eigenvalue weighted by molar-refractivity contribution is 0.431. The summed E-state index contributed by atoms with van der Waals surface area (Å²) in [6.07, 6.45) is 1.65. The highest BCUT2D eigenvalue weighted by molar-refractivity contribution is 5.90. The van der Waals surface area contributed by atoms with Crippen LogP contribution in [0.15, 0.2) is 39.5 Å². The average Bonchev–Trinajstić information content (AvgIpc) is 2.84. The van der Waals surface area contributed by atoms with Gasteiger partial charge in [0.2, 0.25) is 0 Å². The zero-order valence-electron chi connectivity index (χ0n) is 7.68. The summed E-state index contributed by atoms with van der Waals surface area (Å²) in [7, 11) is 0. The van der Waals surface area contributed by atoms with E-state index in [2.05, 4.69) is 10.3 Å². The monoisotopic (exact) mass is 201 g/mol. The van der Waals surface area contributed by atoms with Crippen molar-refractivity contribution in [3.8, 4) is 11.3 Å². The van der Waals surface area contributed by atoms with Crippen molar-refractivity contribution in [3.63, 3.8) is 0 Å². The fourth-order valence-electron chi connectivity index (χ4n) is 1.50. The summed E-state index contributed by atoms with van der Waals surface area (Å²) in [6, 6.07) is 7.33. The van der Waals surface area contributed by atoms with Crippen LogP contribution >= 0.6 is 0 Å². The van der Waals surface area contributed by atoms with Crippen LogP contribution in [0.3, 0.4) is 0 Å². The summed E-state index contributed by atoms with van der Waals surface area (Å²) in [5.41, 5.74) is 6.96. The van der Waals surface area contributed by atoms with Gasteiger partial charge in [-0.05, 0) is 12.1 Å². The topological polar surface area (TPSA) is 78.1 Å². The van der Waals surface area contributed by atoms with Crippen LogP contribution in [0.4, 0.5) is 5.82 Å². The maximum atomic E-state index is 5.48. The van der Waals surface area contributed by atoms with E-state index in [9.17, 15) is 0 Å². The minimum atomic E-state index is 0.349. The van der Waals surface area contributed by atoms with Gasteiger partial charge in [-0.15, -0.1) is 0 Å². The number of nitrogens with two attached hydrogens (primary N) is 1. The molecule has 0 saturated carbocycles. The molecule has 2 heterocycles. The van der Waals surface area contributed by atoms with Gasteiger partial charge in [0.15, 0.2) is 17.2 Å². The molecule has 5 nitrogen and oxygen atoms in total. The molecule has 0 saturated heterocycles. The Bertz CT molecular complexity index is 612.